The van der Waals surface area contributed by atoms with Crippen LogP contribution in [0.5, 0.6) is 0 Å². The second-order valence-electron chi connectivity index (χ2n) is 7.95. The molecule has 29 heavy (non-hydrogen) atoms. The van der Waals surface area contributed by atoms with Crippen LogP contribution in [0.15, 0.2) is 48.5 Å². The number of nitrogens with zero attached hydrogens (tertiary/aromatic N) is 1. The summed E-state index contributed by atoms with van der Waals surface area (Å²) >= 11 is 0. The van der Waals surface area contributed by atoms with E-state index in [1.165, 1.54) is 24.1 Å². The van der Waals surface area contributed by atoms with Crippen molar-refractivity contribution in [3.8, 4) is 0 Å². The maximum atomic E-state index is 12.6. The molecule has 0 saturated heterocycles. The zero-order valence-electron chi connectivity index (χ0n) is 16.9. The molecule has 0 aliphatic heterocycles. The Bertz CT molecular complexity index is 852. The fourth-order valence-electron chi connectivity index (χ4n) is 2.68. The highest BCUT2D eigenvalue weighted by atomic mass is 19.4. The Labute approximate surface area is 168 Å². The molecule has 0 unspecified atom stereocenters. The van der Waals surface area contributed by atoms with Crippen LogP contribution < -0.4 is 5.32 Å². The average Bonchev–Trinajstić information content (AvgIpc) is 2.65. The van der Waals surface area contributed by atoms with Gasteiger partial charge in [0.25, 0.3) is 5.91 Å². The summed E-state index contributed by atoms with van der Waals surface area (Å²) in [5.74, 6) is -0.703. The van der Waals surface area contributed by atoms with Crippen LogP contribution >= 0.6 is 0 Å². The van der Waals surface area contributed by atoms with Gasteiger partial charge < -0.3 is 10.2 Å². The van der Waals surface area contributed by atoms with Crippen molar-refractivity contribution in [3.63, 3.8) is 0 Å². The Morgan fingerprint density at radius 3 is 1.90 bits per heavy atom. The maximum absolute atomic E-state index is 12.6. The summed E-state index contributed by atoms with van der Waals surface area (Å²) in [5.41, 5.74) is 1.36. The first-order valence-corrected chi connectivity index (χ1v) is 9.17. The highest BCUT2D eigenvalue weighted by molar-refractivity contribution is 5.96. The Balaban J connectivity index is 1.88. The molecule has 0 saturated carbocycles. The predicted octanol–water partition coefficient (Wildman–Crippen LogP) is 4.39. The molecule has 2 rings (SSSR count). The lowest BCUT2D eigenvalue weighted by Gasteiger charge is -2.19. The fraction of sp³-hybridized carbons (Fsp3) is 0.364. The van der Waals surface area contributed by atoms with Crippen LogP contribution in [0.4, 0.5) is 13.2 Å². The normalized spacial score (nSPS) is 11.8. The van der Waals surface area contributed by atoms with Gasteiger partial charge in [0.15, 0.2) is 0 Å². The minimum absolute atomic E-state index is 0.0218. The molecule has 0 radical (unpaired) electrons. The molecule has 0 spiro atoms. The van der Waals surface area contributed by atoms with E-state index >= 15 is 0 Å². The number of amides is 2. The van der Waals surface area contributed by atoms with Crippen LogP contribution in [0, 0.1) is 0 Å². The minimum atomic E-state index is -4.39. The van der Waals surface area contributed by atoms with E-state index in [1.807, 2.05) is 12.1 Å². The Morgan fingerprint density at radius 1 is 0.897 bits per heavy atom. The van der Waals surface area contributed by atoms with E-state index in [-0.39, 0.29) is 30.3 Å². The van der Waals surface area contributed by atoms with Gasteiger partial charge in [0.2, 0.25) is 5.91 Å². The van der Waals surface area contributed by atoms with E-state index in [0.717, 1.165) is 17.7 Å². The highest BCUT2D eigenvalue weighted by Gasteiger charge is 2.30. The van der Waals surface area contributed by atoms with Gasteiger partial charge in [-0.05, 0) is 40.8 Å². The minimum Gasteiger partial charge on any atom is -0.343 e. The maximum Gasteiger partial charge on any atom is 0.416 e. The molecule has 0 fully saturated rings. The van der Waals surface area contributed by atoms with Crippen LogP contribution in [0.2, 0.25) is 0 Å². The van der Waals surface area contributed by atoms with Crippen molar-refractivity contribution in [2.75, 3.05) is 13.6 Å². The van der Waals surface area contributed by atoms with Gasteiger partial charge in [0.05, 0.1) is 12.1 Å². The summed E-state index contributed by atoms with van der Waals surface area (Å²) in [5, 5.41) is 2.57. The monoisotopic (exact) mass is 406 g/mol. The van der Waals surface area contributed by atoms with E-state index in [1.54, 1.807) is 12.1 Å². The molecule has 156 valence electrons. The third-order valence-electron chi connectivity index (χ3n) is 4.54. The highest BCUT2D eigenvalue weighted by Crippen LogP contribution is 2.29. The number of hydrogen-bond acceptors (Lipinski definition) is 2. The van der Waals surface area contributed by atoms with Crippen LogP contribution in [-0.2, 0) is 22.9 Å². The fourth-order valence-corrected chi connectivity index (χ4v) is 2.68. The molecule has 2 amide bonds. The SMILES string of the molecule is CN(Cc1ccc(C(F)(F)F)cc1)C(=O)CNC(=O)c1ccc(C(C)(C)C)cc1. The van der Waals surface area contributed by atoms with Crippen molar-refractivity contribution in [1.82, 2.24) is 10.2 Å². The quantitative estimate of drug-likeness (QED) is 0.801. The molecule has 0 aliphatic carbocycles. The topological polar surface area (TPSA) is 49.4 Å². The first-order chi connectivity index (χ1) is 13.4. The molecule has 4 nitrogen and oxygen atoms in total. The number of halogens is 3. The molecular formula is C22H25F3N2O2. The number of benzene rings is 2. The Hall–Kier alpha value is -2.83. The van der Waals surface area contributed by atoms with Crippen LogP contribution in [-0.4, -0.2) is 30.3 Å². The van der Waals surface area contributed by atoms with Gasteiger partial charge in [0.1, 0.15) is 0 Å². The summed E-state index contributed by atoms with van der Waals surface area (Å²) in [6.07, 6.45) is -4.39. The number of alkyl halides is 3. The first kappa shape index (κ1) is 22.5. The average molecular weight is 406 g/mol. The van der Waals surface area contributed by atoms with Crippen LogP contribution in [0.1, 0.15) is 47.8 Å². The van der Waals surface area contributed by atoms with Crippen molar-refractivity contribution in [3.05, 3.63) is 70.8 Å². The largest absolute Gasteiger partial charge is 0.416 e. The molecule has 7 heteroatoms. The third-order valence-corrected chi connectivity index (χ3v) is 4.54. The summed E-state index contributed by atoms with van der Waals surface area (Å²) in [7, 11) is 1.53. The second-order valence-corrected chi connectivity index (χ2v) is 7.95. The van der Waals surface area contributed by atoms with Gasteiger partial charge in [-0.25, -0.2) is 0 Å². The first-order valence-electron chi connectivity index (χ1n) is 9.17. The third kappa shape index (κ3) is 6.34. The van der Waals surface area contributed by atoms with Gasteiger partial charge in [-0.15, -0.1) is 0 Å². The van der Waals surface area contributed by atoms with Gasteiger partial charge in [0, 0.05) is 19.2 Å². The number of rotatable bonds is 5. The molecular weight excluding hydrogens is 381 g/mol. The van der Waals surface area contributed by atoms with Crippen molar-refractivity contribution >= 4 is 11.8 Å². The molecule has 0 aliphatic rings. The Kier molecular flexibility index (Phi) is 6.72. The molecule has 2 aromatic carbocycles. The van der Waals surface area contributed by atoms with Gasteiger partial charge in [-0.1, -0.05) is 45.0 Å². The van der Waals surface area contributed by atoms with E-state index < -0.39 is 11.7 Å². The van der Waals surface area contributed by atoms with Gasteiger partial charge in [-0.2, -0.15) is 13.2 Å². The zero-order valence-corrected chi connectivity index (χ0v) is 16.9. The lowest BCUT2D eigenvalue weighted by molar-refractivity contribution is -0.137. The van der Waals surface area contributed by atoms with Crippen molar-refractivity contribution in [2.45, 2.75) is 38.9 Å². The predicted molar refractivity (Wildman–Crippen MR) is 105 cm³/mol. The number of hydrogen-bond donors (Lipinski definition) is 1. The lowest BCUT2D eigenvalue weighted by atomic mass is 9.87. The molecule has 2 aromatic rings. The molecule has 0 bridgehead atoms. The molecule has 0 aromatic heterocycles. The summed E-state index contributed by atoms with van der Waals surface area (Å²) in [6.45, 7) is 6.18. The summed E-state index contributed by atoms with van der Waals surface area (Å²) < 4.78 is 37.8. The van der Waals surface area contributed by atoms with Gasteiger partial charge in [-0.3, -0.25) is 9.59 Å². The van der Waals surface area contributed by atoms with Crippen LogP contribution in [0.3, 0.4) is 0 Å². The smallest absolute Gasteiger partial charge is 0.343 e. The zero-order chi connectivity index (χ0) is 21.8. The number of likely N-dealkylation sites (N-methyl/N-ethyl adjacent to an activating group) is 1. The number of carbonyl (C=O) groups is 2. The molecule has 0 heterocycles. The molecule has 1 N–H and O–H groups in total. The van der Waals surface area contributed by atoms with E-state index in [2.05, 4.69) is 26.1 Å². The van der Waals surface area contributed by atoms with Gasteiger partial charge >= 0.3 is 6.18 Å². The standard InChI is InChI=1S/C22H25F3N2O2/c1-21(2,3)17-11-7-16(8-12-17)20(29)26-13-19(28)27(4)14-15-5-9-18(10-6-15)22(23,24)25/h5-12H,13-14H2,1-4H3,(H,26,29). The van der Waals surface area contributed by atoms with E-state index in [9.17, 15) is 22.8 Å². The second kappa shape index (κ2) is 8.68. The number of carbonyl (C=O) groups excluding carboxylic acids is 2. The van der Waals surface area contributed by atoms with E-state index in [0.29, 0.717) is 11.1 Å². The van der Waals surface area contributed by atoms with Crippen molar-refractivity contribution in [1.29, 1.82) is 0 Å². The van der Waals surface area contributed by atoms with Crippen LogP contribution in [0.25, 0.3) is 0 Å². The Morgan fingerprint density at radius 2 is 1.41 bits per heavy atom. The van der Waals surface area contributed by atoms with Crippen molar-refractivity contribution in [2.24, 2.45) is 0 Å². The van der Waals surface area contributed by atoms with Crippen molar-refractivity contribution < 1.29 is 22.8 Å². The molecule has 0 atom stereocenters. The summed E-state index contributed by atoms with van der Waals surface area (Å²) in [6, 6.07) is 11.8. The van der Waals surface area contributed by atoms with E-state index in [4.69, 9.17) is 0 Å². The summed E-state index contributed by atoms with van der Waals surface area (Å²) in [4.78, 5) is 25.8. The lowest BCUT2D eigenvalue weighted by Crippen LogP contribution is -2.37. The number of nitrogens with one attached hydrogen (secondary N) is 1.